The van der Waals surface area contributed by atoms with Gasteiger partial charge in [0.15, 0.2) is 0 Å². The maximum Gasteiger partial charge on any atom is 0.352 e. The highest BCUT2D eigenvalue weighted by molar-refractivity contribution is 6.32. The van der Waals surface area contributed by atoms with Gasteiger partial charge in [-0.1, -0.05) is 48.9 Å². The van der Waals surface area contributed by atoms with Crippen molar-refractivity contribution >= 4 is 28.5 Å². The Morgan fingerprint density at radius 3 is 2.56 bits per heavy atom. The first kappa shape index (κ1) is 19.0. The lowest BCUT2D eigenvalue weighted by Crippen LogP contribution is -2.21. The van der Waals surface area contributed by atoms with Crippen LogP contribution >= 0.6 is 11.6 Å². The first-order chi connectivity index (χ1) is 13.0. The summed E-state index contributed by atoms with van der Waals surface area (Å²) in [5.41, 5.74) is 1.38. The second-order valence-corrected chi connectivity index (χ2v) is 6.29. The number of halogens is 1. The number of rotatable bonds is 6. The van der Waals surface area contributed by atoms with Crippen LogP contribution in [0.4, 0.5) is 0 Å². The topological polar surface area (TPSA) is 65.7 Å². The lowest BCUT2D eigenvalue weighted by Gasteiger charge is -2.19. The first-order valence-corrected chi connectivity index (χ1v) is 9.05. The van der Waals surface area contributed by atoms with E-state index in [0.29, 0.717) is 22.6 Å². The van der Waals surface area contributed by atoms with Crippen molar-refractivity contribution in [2.75, 3.05) is 6.61 Å². The van der Waals surface area contributed by atoms with Crippen LogP contribution in [0.25, 0.3) is 11.0 Å². The van der Waals surface area contributed by atoms with Crippen LogP contribution in [0, 0.1) is 0 Å². The minimum atomic E-state index is -0.984. The fraction of sp³-hybridized carbons (Fsp3) is 0.238. The van der Waals surface area contributed by atoms with Crippen LogP contribution < -0.4 is 10.4 Å². The number of benzene rings is 2. The van der Waals surface area contributed by atoms with Crippen LogP contribution in [-0.2, 0) is 16.0 Å². The average molecular weight is 387 g/mol. The summed E-state index contributed by atoms with van der Waals surface area (Å²) < 4.78 is 16.3. The van der Waals surface area contributed by atoms with Crippen molar-refractivity contribution in [3.05, 3.63) is 75.1 Å². The molecule has 0 saturated heterocycles. The van der Waals surface area contributed by atoms with Gasteiger partial charge in [0.1, 0.15) is 11.3 Å². The van der Waals surface area contributed by atoms with Crippen molar-refractivity contribution in [2.45, 2.75) is 26.4 Å². The van der Waals surface area contributed by atoms with E-state index in [1.54, 1.807) is 37.3 Å². The molecule has 1 atom stereocenters. The number of carbonyl (C=O) groups is 1. The Morgan fingerprint density at radius 2 is 1.89 bits per heavy atom. The zero-order chi connectivity index (χ0) is 19.4. The Labute approximate surface area is 161 Å². The standard InChI is InChI=1S/C21H19ClO5/c1-3-13-10-19(23)26-17-12-18(16(22)11-15(13)17)27-20(21(24)25-4-2)14-8-6-5-7-9-14/h5-12,20H,3-4H2,1-2H3/t20-/m1/s1. The van der Waals surface area contributed by atoms with Gasteiger partial charge in [-0.25, -0.2) is 9.59 Å². The molecule has 27 heavy (non-hydrogen) atoms. The molecule has 1 aromatic heterocycles. The van der Waals surface area contributed by atoms with Crippen molar-refractivity contribution in [1.29, 1.82) is 0 Å². The molecule has 0 fully saturated rings. The molecule has 3 aromatic rings. The molecule has 3 rings (SSSR count). The molecule has 5 nitrogen and oxygen atoms in total. The van der Waals surface area contributed by atoms with Gasteiger partial charge in [0.05, 0.1) is 11.6 Å². The summed E-state index contributed by atoms with van der Waals surface area (Å²) in [5, 5.41) is 1.05. The lowest BCUT2D eigenvalue weighted by atomic mass is 10.1. The number of esters is 1. The number of hydrogen-bond acceptors (Lipinski definition) is 5. The fourth-order valence-electron chi connectivity index (χ4n) is 2.84. The SMILES string of the molecule is CCOC(=O)[C@H](Oc1cc2oc(=O)cc(CC)c2cc1Cl)c1ccccc1. The average Bonchev–Trinajstić information content (AvgIpc) is 2.67. The van der Waals surface area contributed by atoms with Gasteiger partial charge in [0, 0.05) is 23.1 Å². The normalized spacial score (nSPS) is 12.0. The number of carbonyl (C=O) groups excluding carboxylic acids is 1. The van der Waals surface area contributed by atoms with Crippen LogP contribution in [0.15, 0.2) is 57.7 Å². The van der Waals surface area contributed by atoms with Gasteiger partial charge in [-0.05, 0) is 25.0 Å². The summed E-state index contributed by atoms with van der Waals surface area (Å²) in [5.74, 6) is -0.286. The minimum absolute atomic E-state index is 0.228. The maximum atomic E-state index is 12.4. The van der Waals surface area contributed by atoms with Gasteiger partial charge in [-0.3, -0.25) is 0 Å². The predicted molar refractivity (Wildman–Crippen MR) is 103 cm³/mol. The van der Waals surface area contributed by atoms with Gasteiger partial charge in [-0.2, -0.15) is 0 Å². The second-order valence-electron chi connectivity index (χ2n) is 5.88. The summed E-state index contributed by atoms with van der Waals surface area (Å²) in [6.45, 7) is 3.90. The van der Waals surface area contributed by atoms with Crippen molar-refractivity contribution in [3.8, 4) is 5.75 Å². The molecule has 6 heteroatoms. The molecule has 140 valence electrons. The molecule has 0 saturated carbocycles. The quantitative estimate of drug-likeness (QED) is 0.454. The van der Waals surface area contributed by atoms with Gasteiger partial charge >= 0.3 is 11.6 Å². The smallest absolute Gasteiger partial charge is 0.352 e. The van der Waals surface area contributed by atoms with E-state index in [2.05, 4.69) is 0 Å². The molecule has 0 aliphatic heterocycles. The van der Waals surface area contributed by atoms with E-state index in [4.69, 9.17) is 25.5 Å². The highest BCUT2D eigenvalue weighted by atomic mass is 35.5. The highest BCUT2D eigenvalue weighted by Crippen LogP contribution is 2.34. The van der Waals surface area contributed by atoms with Crippen molar-refractivity contribution < 1.29 is 18.7 Å². The van der Waals surface area contributed by atoms with E-state index in [-0.39, 0.29) is 12.4 Å². The van der Waals surface area contributed by atoms with Crippen molar-refractivity contribution in [1.82, 2.24) is 0 Å². The number of hydrogen-bond donors (Lipinski definition) is 0. The largest absolute Gasteiger partial charge is 0.472 e. The fourth-order valence-corrected chi connectivity index (χ4v) is 3.04. The molecule has 2 aromatic carbocycles. The van der Waals surface area contributed by atoms with Crippen molar-refractivity contribution in [3.63, 3.8) is 0 Å². The summed E-state index contributed by atoms with van der Waals surface area (Å²) in [6, 6.07) is 13.7. The molecular formula is C21H19ClO5. The lowest BCUT2D eigenvalue weighted by molar-refractivity contribution is -0.151. The summed E-state index contributed by atoms with van der Waals surface area (Å²) in [6.07, 6.45) is -0.323. The van der Waals surface area contributed by atoms with E-state index in [1.807, 2.05) is 13.0 Å². The minimum Gasteiger partial charge on any atom is -0.472 e. The Balaban J connectivity index is 2.05. The van der Waals surface area contributed by atoms with E-state index in [9.17, 15) is 9.59 Å². The molecule has 0 aliphatic carbocycles. The molecular weight excluding hydrogens is 368 g/mol. The Hall–Kier alpha value is -2.79. The molecule has 0 amide bonds. The third-order valence-electron chi connectivity index (χ3n) is 4.11. The van der Waals surface area contributed by atoms with Gasteiger partial charge < -0.3 is 13.9 Å². The zero-order valence-electron chi connectivity index (χ0n) is 15.0. The van der Waals surface area contributed by atoms with Gasteiger partial charge in [0.2, 0.25) is 6.10 Å². The molecule has 0 spiro atoms. The van der Waals surface area contributed by atoms with Crippen LogP contribution in [0.3, 0.4) is 0 Å². The molecule has 1 heterocycles. The first-order valence-electron chi connectivity index (χ1n) is 8.68. The third-order valence-corrected chi connectivity index (χ3v) is 4.41. The van der Waals surface area contributed by atoms with E-state index < -0.39 is 17.7 Å². The Kier molecular flexibility index (Phi) is 5.81. The highest BCUT2D eigenvalue weighted by Gasteiger charge is 2.25. The zero-order valence-corrected chi connectivity index (χ0v) is 15.8. The van der Waals surface area contributed by atoms with E-state index in [0.717, 1.165) is 10.9 Å². The number of aryl methyl sites for hydroxylation is 1. The van der Waals surface area contributed by atoms with Gasteiger partial charge in [0.25, 0.3) is 0 Å². The molecule has 0 unspecified atom stereocenters. The monoisotopic (exact) mass is 386 g/mol. The maximum absolute atomic E-state index is 12.4. The van der Waals surface area contributed by atoms with E-state index in [1.165, 1.54) is 12.1 Å². The Bertz CT molecular complexity index is 1010. The van der Waals surface area contributed by atoms with Crippen LogP contribution in [0.5, 0.6) is 5.75 Å². The molecule has 0 N–H and O–H groups in total. The van der Waals surface area contributed by atoms with Crippen LogP contribution in [-0.4, -0.2) is 12.6 Å². The van der Waals surface area contributed by atoms with Crippen LogP contribution in [0.1, 0.15) is 31.1 Å². The van der Waals surface area contributed by atoms with Crippen molar-refractivity contribution in [2.24, 2.45) is 0 Å². The summed E-state index contributed by atoms with van der Waals surface area (Å²) in [4.78, 5) is 24.2. The molecule has 0 bridgehead atoms. The summed E-state index contributed by atoms with van der Waals surface area (Å²) >= 11 is 6.39. The second kappa shape index (κ2) is 8.27. The molecule has 0 aliphatic rings. The number of ether oxygens (including phenoxy) is 2. The Morgan fingerprint density at radius 1 is 1.15 bits per heavy atom. The third kappa shape index (κ3) is 4.14. The van der Waals surface area contributed by atoms with E-state index >= 15 is 0 Å². The number of fused-ring (bicyclic) bond motifs is 1. The molecule has 0 radical (unpaired) electrons. The summed E-state index contributed by atoms with van der Waals surface area (Å²) in [7, 11) is 0. The predicted octanol–water partition coefficient (Wildman–Crippen LogP) is 4.69. The van der Waals surface area contributed by atoms with Gasteiger partial charge in [-0.15, -0.1) is 0 Å². The van der Waals surface area contributed by atoms with Crippen LogP contribution in [0.2, 0.25) is 5.02 Å².